The van der Waals surface area contributed by atoms with Gasteiger partial charge in [-0.05, 0) is 27.7 Å². The Balaban J connectivity index is 5.45. The zero-order chi connectivity index (χ0) is 10.6. The van der Waals surface area contributed by atoms with Crippen molar-refractivity contribution in [3.63, 3.8) is 0 Å². The molecule has 0 radical (unpaired) electrons. The van der Waals surface area contributed by atoms with Crippen molar-refractivity contribution in [1.82, 2.24) is 0 Å². The van der Waals surface area contributed by atoms with E-state index in [1.54, 1.807) is 13.0 Å². The first-order valence-electron chi connectivity index (χ1n) is 4.06. The Morgan fingerprint density at radius 2 is 1.23 bits per heavy atom. The molecule has 0 unspecified atom stereocenters. The van der Waals surface area contributed by atoms with E-state index in [4.69, 9.17) is 0 Å². The summed E-state index contributed by atoms with van der Waals surface area (Å²) in [5.74, 6) is 0. The minimum atomic E-state index is -3.12. The standard InChI is InChI=1S/C9H14O3Si/c1-5-6-13(7(2)10,8(3)11)9(4)12/h5-6H,1-4H3. The Labute approximate surface area is 78.8 Å². The number of allylic oxidation sites excluding steroid dienone is 1. The lowest BCUT2D eigenvalue weighted by molar-refractivity contribution is -0.117. The largest absolute Gasteiger partial charge is 0.304 e. The molecular formula is C9H14O3Si. The minimum absolute atomic E-state index is 0.286. The number of carbonyl (C=O) groups excluding carboxylic acids is 3. The molecule has 0 aromatic heterocycles. The quantitative estimate of drug-likeness (QED) is 0.632. The fraction of sp³-hybridized carbons (Fsp3) is 0.444. The summed E-state index contributed by atoms with van der Waals surface area (Å²) in [4.78, 5) is 33.9. The summed E-state index contributed by atoms with van der Waals surface area (Å²) < 4.78 is 0. The zero-order valence-electron chi connectivity index (χ0n) is 8.38. The number of hydrogen-bond acceptors (Lipinski definition) is 3. The zero-order valence-corrected chi connectivity index (χ0v) is 9.38. The minimum Gasteiger partial charge on any atom is -0.304 e. The van der Waals surface area contributed by atoms with Crippen molar-refractivity contribution in [2.75, 3.05) is 0 Å². The lowest BCUT2D eigenvalue weighted by Crippen LogP contribution is -2.55. The molecule has 0 fully saturated rings. The van der Waals surface area contributed by atoms with Crippen LogP contribution in [0.1, 0.15) is 27.7 Å². The molecule has 0 rings (SSSR count). The third kappa shape index (κ3) is 2.01. The van der Waals surface area contributed by atoms with Crippen molar-refractivity contribution in [3.8, 4) is 0 Å². The van der Waals surface area contributed by atoms with Crippen LogP contribution in [0.25, 0.3) is 0 Å². The normalized spacial score (nSPS) is 11.7. The second kappa shape index (κ2) is 4.27. The Bertz CT molecular complexity index is 243. The maximum atomic E-state index is 11.3. The van der Waals surface area contributed by atoms with E-state index in [0.29, 0.717) is 0 Å². The molecule has 0 atom stereocenters. The van der Waals surface area contributed by atoms with Gasteiger partial charge < -0.3 is 14.4 Å². The predicted octanol–water partition coefficient (Wildman–Crippen LogP) is 0.935. The predicted molar refractivity (Wildman–Crippen MR) is 52.6 cm³/mol. The topological polar surface area (TPSA) is 51.2 Å². The molecule has 0 heterocycles. The summed E-state index contributed by atoms with van der Waals surface area (Å²) in [6.07, 6.45) is 1.61. The van der Waals surface area contributed by atoms with Crippen LogP contribution in [-0.4, -0.2) is 24.3 Å². The van der Waals surface area contributed by atoms with E-state index in [2.05, 4.69) is 0 Å². The van der Waals surface area contributed by atoms with Crippen LogP contribution in [-0.2, 0) is 14.4 Å². The van der Waals surface area contributed by atoms with Crippen LogP contribution < -0.4 is 0 Å². The Hall–Kier alpha value is -1.03. The molecule has 0 saturated heterocycles. The van der Waals surface area contributed by atoms with Crippen molar-refractivity contribution in [2.45, 2.75) is 27.7 Å². The molecule has 13 heavy (non-hydrogen) atoms. The first-order valence-corrected chi connectivity index (χ1v) is 6.14. The first kappa shape index (κ1) is 12.0. The van der Waals surface area contributed by atoms with Gasteiger partial charge in [0.2, 0.25) is 0 Å². The van der Waals surface area contributed by atoms with Crippen molar-refractivity contribution < 1.29 is 14.4 Å². The van der Waals surface area contributed by atoms with Crippen molar-refractivity contribution in [3.05, 3.63) is 11.8 Å². The smallest absolute Gasteiger partial charge is 0.299 e. The van der Waals surface area contributed by atoms with E-state index in [0.717, 1.165) is 0 Å². The van der Waals surface area contributed by atoms with Crippen molar-refractivity contribution in [1.29, 1.82) is 0 Å². The second-order valence-electron chi connectivity index (χ2n) is 2.98. The molecule has 0 N–H and O–H groups in total. The molecule has 3 nitrogen and oxygen atoms in total. The van der Waals surface area contributed by atoms with E-state index in [9.17, 15) is 14.4 Å². The van der Waals surface area contributed by atoms with Crippen LogP contribution in [0.2, 0.25) is 0 Å². The van der Waals surface area contributed by atoms with Gasteiger partial charge in [0.15, 0.2) is 0 Å². The molecule has 0 bridgehead atoms. The summed E-state index contributed by atoms with van der Waals surface area (Å²) in [5, 5.41) is -0.859. The fourth-order valence-electron chi connectivity index (χ4n) is 1.35. The SMILES string of the molecule is CC=C[Si](C(C)=O)(C(C)=O)C(C)=O. The van der Waals surface area contributed by atoms with E-state index < -0.39 is 8.07 Å². The van der Waals surface area contributed by atoms with Gasteiger partial charge in [0.05, 0.1) is 0 Å². The first-order chi connectivity index (χ1) is 5.89. The molecule has 0 spiro atoms. The highest BCUT2D eigenvalue weighted by Gasteiger charge is 2.46. The van der Waals surface area contributed by atoms with Crippen molar-refractivity contribution >= 4 is 24.3 Å². The lowest BCUT2D eigenvalue weighted by Gasteiger charge is -2.17. The molecule has 0 aliphatic rings. The van der Waals surface area contributed by atoms with Gasteiger partial charge in [-0.15, -0.1) is 0 Å². The third-order valence-corrected chi connectivity index (χ3v) is 6.25. The maximum Gasteiger partial charge on any atom is 0.299 e. The molecule has 0 aromatic carbocycles. The van der Waals surface area contributed by atoms with Crippen LogP contribution in [0.3, 0.4) is 0 Å². The van der Waals surface area contributed by atoms with Gasteiger partial charge in [-0.25, -0.2) is 0 Å². The van der Waals surface area contributed by atoms with Gasteiger partial charge in [-0.1, -0.05) is 11.8 Å². The van der Waals surface area contributed by atoms with Crippen LogP contribution in [0, 0.1) is 0 Å². The molecule has 0 aromatic rings. The lowest BCUT2D eigenvalue weighted by atomic mass is 10.8. The summed E-state index contributed by atoms with van der Waals surface area (Å²) in [7, 11) is -3.12. The molecular weight excluding hydrogens is 184 g/mol. The van der Waals surface area contributed by atoms with Crippen LogP contribution in [0.5, 0.6) is 0 Å². The molecule has 72 valence electrons. The summed E-state index contributed by atoms with van der Waals surface area (Å²) >= 11 is 0. The molecule has 0 saturated carbocycles. The van der Waals surface area contributed by atoms with E-state index >= 15 is 0 Å². The van der Waals surface area contributed by atoms with Gasteiger partial charge in [-0.3, -0.25) is 0 Å². The van der Waals surface area contributed by atoms with Gasteiger partial charge in [0.1, 0.15) is 16.2 Å². The average molecular weight is 198 g/mol. The molecule has 0 aliphatic carbocycles. The van der Waals surface area contributed by atoms with E-state index in [-0.39, 0.29) is 16.2 Å². The summed E-state index contributed by atoms with van der Waals surface area (Å²) in [6.45, 7) is 5.65. The number of rotatable bonds is 4. The maximum absolute atomic E-state index is 11.3. The highest BCUT2D eigenvalue weighted by atomic mass is 28.3. The van der Waals surface area contributed by atoms with Gasteiger partial charge >= 0.3 is 0 Å². The van der Waals surface area contributed by atoms with Crippen LogP contribution >= 0.6 is 0 Å². The average Bonchev–Trinajstić information content (AvgIpc) is 1.97. The van der Waals surface area contributed by atoms with Gasteiger partial charge in [0, 0.05) is 0 Å². The van der Waals surface area contributed by atoms with Crippen LogP contribution in [0.15, 0.2) is 11.8 Å². The highest BCUT2D eigenvalue weighted by Crippen LogP contribution is 2.10. The summed E-state index contributed by atoms with van der Waals surface area (Å²) in [5.41, 5.74) is 1.50. The van der Waals surface area contributed by atoms with Gasteiger partial charge in [-0.2, -0.15) is 0 Å². The Morgan fingerprint density at radius 1 is 0.923 bits per heavy atom. The molecule has 0 aliphatic heterocycles. The Kier molecular flexibility index (Phi) is 3.93. The van der Waals surface area contributed by atoms with Gasteiger partial charge in [0.25, 0.3) is 8.07 Å². The molecule has 0 amide bonds. The fourth-order valence-corrected chi connectivity index (χ4v) is 4.04. The highest BCUT2D eigenvalue weighted by molar-refractivity contribution is 7.42. The van der Waals surface area contributed by atoms with E-state index in [1.165, 1.54) is 26.5 Å². The third-order valence-electron chi connectivity index (χ3n) is 2.08. The number of carbonyl (C=O) groups is 3. The Morgan fingerprint density at radius 3 is 1.31 bits per heavy atom. The summed E-state index contributed by atoms with van der Waals surface area (Å²) in [6, 6.07) is 0. The van der Waals surface area contributed by atoms with E-state index in [1.807, 2.05) is 0 Å². The molecule has 4 heteroatoms. The second-order valence-corrected chi connectivity index (χ2v) is 7.04. The monoisotopic (exact) mass is 198 g/mol. The van der Waals surface area contributed by atoms with Crippen LogP contribution in [0.4, 0.5) is 0 Å². The number of hydrogen-bond donors (Lipinski definition) is 0. The van der Waals surface area contributed by atoms with Crippen molar-refractivity contribution in [2.24, 2.45) is 0 Å².